The van der Waals surface area contributed by atoms with E-state index in [9.17, 15) is 9.18 Å². The molecule has 1 aromatic heterocycles. The highest BCUT2D eigenvalue weighted by atomic mass is 19.1. The van der Waals surface area contributed by atoms with Crippen molar-refractivity contribution < 1.29 is 8.81 Å². The van der Waals surface area contributed by atoms with E-state index in [1.54, 1.807) is 10.6 Å². The SMILES string of the molecule is O=c1oc2cc(F)ccc2n1C1CCNCC1. The Morgan fingerprint density at radius 3 is 2.88 bits per heavy atom. The molecule has 4 nitrogen and oxygen atoms in total. The first-order chi connectivity index (χ1) is 8.25. The van der Waals surface area contributed by atoms with Crippen LogP contribution in [0, 0.1) is 5.82 Å². The van der Waals surface area contributed by atoms with Crippen molar-refractivity contribution in [2.45, 2.75) is 18.9 Å². The van der Waals surface area contributed by atoms with Gasteiger partial charge in [-0.25, -0.2) is 9.18 Å². The number of hydrogen-bond acceptors (Lipinski definition) is 3. The van der Waals surface area contributed by atoms with Crippen LogP contribution in [0.1, 0.15) is 18.9 Å². The number of nitrogens with zero attached hydrogens (tertiary/aromatic N) is 1. The van der Waals surface area contributed by atoms with Gasteiger partial charge in [-0.3, -0.25) is 4.57 Å². The third kappa shape index (κ3) is 1.76. The highest BCUT2D eigenvalue weighted by molar-refractivity contribution is 5.72. The summed E-state index contributed by atoms with van der Waals surface area (Å²) >= 11 is 0. The van der Waals surface area contributed by atoms with Crippen LogP contribution < -0.4 is 11.1 Å². The molecular formula is C12H13FN2O2. The zero-order valence-electron chi connectivity index (χ0n) is 9.28. The monoisotopic (exact) mass is 236 g/mol. The van der Waals surface area contributed by atoms with Gasteiger partial charge in [-0.15, -0.1) is 0 Å². The van der Waals surface area contributed by atoms with Crippen LogP contribution in [0.4, 0.5) is 4.39 Å². The minimum Gasteiger partial charge on any atom is -0.408 e. The molecule has 0 saturated carbocycles. The molecule has 5 heteroatoms. The van der Waals surface area contributed by atoms with Crippen LogP contribution in [0.3, 0.4) is 0 Å². The molecule has 1 aliphatic rings. The average Bonchev–Trinajstić information content (AvgIpc) is 2.65. The Kier molecular flexibility index (Phi) is 2.48. The number of piperidine rings is 1. The van der Waals surface area contributed by atoms with Crippen molar-refractivity contribution >= 4 is 11.1 Å². The topological polar surface area (TPSA) is 47.2 Å². The summed E-state index contributed by atoms with van der Waals surface area (Å²) in [4.78, 5) is 11.8. The average molecular weight is 236 g/mol. The molecule has 2 aromatic rings. The van der Waals surface area contributed by atoms with E-state index in [0.717, 1.165) is 25.9 Å². The number of benzene rings is 1. The second-order valence-electron chi connectivity index (χ2n) is 4.33. The summed E-state index contributed by atoms with van der Waals surface area (Å²) in [5.41, 5.74) is 1.01. The third-order valence-corrected chi connectivity index (χ3v) is 3.25. The van der Waals surface area contributed by atoms with Gasteiger partial charge in [-0.2, -0.15) is 0 Å². The summed E-state index contributed by atoms with van der Waals surface area (Å²) in [6.07, 6.45) is 1.79. The first kappa shape index (κ1) is 10.5. The lowest BCUT2D eigenvalue weighted by molar-refractivity contribution is 0.349. The summed E-state index contributed by atoms with van der Waals surface area (Å²) in [5.74, 6) is -0.777. The van der Waals surface area contributed by atoms with Crippen LogP contribution in [0.15, 0.2) is 27.4 Å². The van der Waals surface area contributed by atoms with Crippen molar-refractivity contribution in [1.29, 1.82) is 0 Å². The molecule has 3 rings (SSSR count). The Morgan fingerprint density at radius 2 is 2.12 bits per heavy atom. The van der Waals surface area contributed by atoms with Gasteiger partial charge >= 0.3 is 5.76 Å². The first-order valence-corrected chi connectivity index (χ1v) is 5.77. The number of halogens is 1. The number of fused-ring (bicyclic) bond motifs is 1. The van der Waals surface area contributed by atoms with Gasteiger partial charge in [0.25, 0.3) is 0 Å². The number of hydrogen-bond donors (Lipinski definition) is 1. The second kappa shape index (κ2) is 4.00. The van der Waals surface area contributed by atoms with Crippen molar-refractivity contribution in [3.8, 4) is 0 Å². The highest BCUT2D eigenvalue weighted by Gasteiger charge is 2.20. The van der Waals surface area contributed by atoms with Crippen LogP contribution in [0.2, 0.25) is 0 Å². The molecule has 2 heterocycles. The fourth-order valence-corrected chi connectivity index (χ4v) is 2.42. The number of rotatable bonds is 1. The molecule has 0 spiro atoms. The predicted molar refractivity (Wildman–Crippen MR) is 61.6 cm³/mol. The minimum absolute atomic E-state index is 0.149. The van der Waals surface area contributed by atoms with Crippen molar-refractivity contribution in [3.63, 3.8) is 0 Å². The number of nitrogens with one attached hydrogen (secondary N) is 1. The van der Waals surface area contributed by atoms with Gasteiger partial charge in [0, 0.05) is 12.1 Å². The Balaban J connectivity index is 2.14. The summed E-state index contributed by atoms with van der Waals surface area (Å²) in [6.45, 7) is 1.79. The maximum absolute atomic E-state index is 13.0. The van der Waals surface area contributed by atoms with E-state index >= 15 is 0 Å². The molecule has 1 N–H and O–H groups in total. The molecular weight excluding hydrogens is 223 g/mol. The lowest BCUT2D eigenvalue weighted by atomic mass is 10.1. The Hall–Kier alpha value is -1.62. The summed E-state index contributed by atoms with van der Waals surface area (Å²) in [6, 6.07) is 4.37. The Bertz CT molecular complexity index is 596. The van der Waals surface area contributed by atoms with Crippen molar-refractivity contribution in [2.75, 3.05) is 13.1 Å². The van der Waals surface area contributed by atoms with E-state index in [0.29, 0.717) is 11.1 Å². The molecule has 1 saturated heterocycles. The van der Waals surface area contributed by atoms with Gasteiger partial charge in [0.05, 0.1) is 5.52 Å². The van der Waals surface area contributed by atoms with E-state index in [1.807, 2.05) is 0 Å². The van der Waals surface area contributed by atoms with Gasteiger partial charge in [0.1, 0.15) is 5.82 Å². The summed E-state index contributed by atoms with van der Waals surface area (Å²) in [7, 11) is 0. The van der Waals surface area contributed by atoms with E-state index in [2.05, 4.69) is 5.32 Å². The van der Waals surface area contributed by atoms with Crippen LogP contribution in [0.5, 0.6) is 0 Å². The van der Waals surface area contributed by atoms with Gasteiger partial charge in [0.2, 0.25) is 0 Å². The lowest BCUT2D eigenvalue weighted by Gasteiger charge is -2.23. The first-order valence-electron chi connectivity index (χ1n) is 5.77. The smallest absolute Gasteiger partial charge is 0.408 e. The standard InChI is InChI=1S/C12H13FN2O2/c13-8-1-2-10-11(7-8)17-12(16)15(10)9-3-5-14-6-4-9/h1-2,7,9,14H,3-6H2. The van der Waals surface area contributed by atoms with Gasteiger partial charge < -0.3 is 9.73 Å². The number of aromatic nitrogens is 1. The van der Waals surface area contributed by atoms with E-state index in [4.69, 9.17) is 4.42 Å². The molecule has 17 heavy (non-hydrogen) atoms. The molecule has 0 bridgehead atoms. The third-order valence-electron chi connectivity index (χ3n) is 3.25. The number of oxazole rings is 1. The van der Waals surface area contributed by atoms with Crippen LogP contribution in [0.25, 0.3) is 11.1 Å². The Morgan fingerprint density at radius 1 is 1.35 bits per heavy atom. The van der Waals surface area contributed by atoms with Gasteiger partial charge in [-0.05, 0) is 38.1 Å². The van der Waals surface area contributed by atoms with Gasteiger partial charge in [0.15, 0.2) is 5.58 Å². The minimum atomic E-state index is -0.391. The van der Waals surface area contributed by atoms with E-state index in [1.165, 1.54) is 12.1 Å². The summed E-state index contributed by atoms with van der Waals surface area (Å²) in [5, 5.41) is 3.25. The predicted octanol–water partition coefficient (Wildman–Crippen LogP) is 1.66. The Labute approximate surface area is 97.0 Å². The normalized spacial score (nSPS) is 17.7. The zero-order valence-corrected chi connectivity index (χ0v) is 9.28. The van der Waals surface area contributed by atoms with Crippen LogP contribution >= 0.6 is 0 Å². The van der Waals surface area contributed by atoms with Crippen LogP contribution in [-0.2, 0) is 0 Å². The van der Waals surface area contributed by atoms with Crippen molar-refractivity contribution in [3.05, 3.63) is 34.6 Å². The summed E-state index contributed by atoms with van der Waals surface area (Å²) < 4.78 is 19.8. The molecule has 0 radical (unpaired) electrons. The molecule has 90 valence electrons. The molecule has 1 aliphatic heterocycles. The molecule has 0 unspecified atom stereocenters. The lowest BCUT2D eigenvalue weighted by Crippen LogP contribution is -2.32. The quantitative estimate of drug-likeness (QED) is 0.819. The fourth-order valence-electron chi connectivity index (χ4n) is 2.42. The molecule has 0 aliphatic carbocycles. The van der Waals surface area contributed by atoms with E-state index < -0.39 is 5.76 Å². The van der Waals surface area contributed by atoms with Crippen molar-refractivity contribution in [2.24, 2.45) is 0 Å². The molecule has 1 aromatic carbocycles. The molecule has 0 atom stereocenters. The van der Waals surface area contributed by atoms with Gasteiger partial charge in [-0.1, -0.05) is 0 Å². The van der Waals surface area contributed by atoms with Crippen molar-refractivity contribution in [1.82, 2.24) is 9.88 Å². The second-order valence-corrected chi connectivity index (χ2v) is 4.33. The van der Waals surface area contributed by atoms with Crippen LogP contribution in [-0.4, -0.2) is 17.7 Å². The van der Waals surface area contributed by atoms with E-state index in [-0.39, 0.29) is 11.9 Å². The maximum Gasteiger partial charge on any atom is 0.420 e. The largest absolute Gasteiger partial charge is 0.420 e. The highest BCUT2D eigenvalue weighted by Crippen LogP contribution is 2.23. The molecule has 1 fully saturated rings. The zero-order chi connectivity index (χ0) is 11.8. The maximum atomic E-state index is 13.0. The molecule has 0 amide bonds. The fraction of sp³-hybridized carbons (Fsp3) is 0.417.